The van der Waals surface area contributed by atoms with Crippen molar-refractivity contribution in [3.8, 4) is 0 Å². The van der Waals surface area contributed by atoms with Crippen LogP contribution in [0.5, 0.6) is 0 Å². The monoisotopic (exact) mass is 227 g/mol. The van der Waals surface area contributed by atoms with Crippen LogP contribution in [0.4, 0.5) is 0 Å². The van der Waals surface area contributed by atoms with Gasteiger partial charge in [-0.2, -0.15) is 0 Å². The molecule has 2 fully saturated rings. The maximum absolute atomic E-state index is 9.83. The largest absolute Gasteiger partial charge is 0.394 e. The Morgan fingerprint density at radius 1 is 1.50 bits per heavy atom. The van der Waals surface area contributed by atoms with Crippen LogP contribution >= 0.6 is 0 Å². The lowest BCUT2D eigenvalue weighted by Gasteiger charge is -2.26. The van der Waals surface area contributed by atoms with Gasteiger partial charge in [0, 0.05) is 6.20 Å². The first-order chi connectivity index (χ1) is 7.70. The highest BCUT2D eigenvalue weighted by molar-refractivity contribution is 5.91. The predicted octanol–water partition coefficient (Wildman–Crippen LogP) is -2.07. The molecule has 0 saturated carbocycles. The van der Waals surface area contributed by atoms with Gasteiger partial charge >= 0.3 is 0 Å². The third-order valence-electron chi connectivity index (χ3n) is 3.00. The first-order valence-electron chi connectivity index (χ1n) is 5.09. The fourth-order valence-electron chi connectivity index (χ4n) is 2.18. The van der Waals surface area contributed by atoms with E-state index in [1.54, 1.807) is 17.2 Å². The van der Waals surface area contributed by atoms with Crippen LogP contribution in [0.15, 0.2) is 17.3 Å². The number of fused-ring (bicyclic) bond motifs is 3. The number of ether oxygens (including phenoxy) is 2. The number of nitrogens with two attached hydrogens (primary N) is 1. The number of aliphatic hydroxyl groups is 2. The molecular weight excluding hydrogens is 214 g/mol. The minimum absolute atomic E-state index is 0.231. The standard InChI is InChI=1S/C9H13N3O4/c10-5-1-2-12-8-7(16-9(12)11-5)6(14)4(3-13)15-8/h1-2,4,6-9,13-14H,3H2,(H2,10,11)/t4-,6-,7+,8-,9?/m1/s1. The molecule has 3 aliphatic heterocycles. The minimum Gasteiger partial charge on any atom is -0.394 e. The molecule has 1 unspecified atom stereocenters. The van der Waals surface area contributed by atoms with Crippen molar-refractivity contribution in [2.24, 2.45) is 10.7 Å². The first-order valence-corrected chi connectivity index (χ1v) is 5.09. The van der Waals surface area contributed by atoms with E-state index < -0.39 is 30.9 Å². The molecule has 0 aromatic heterocycles. The van der Waals surface area contributed by atoms with Gasteiger partial charge in [-0.05, 0) is 6.08 Å². The van der Waals surface area contributed by atoms with E-state index in [9.17, 15) is 5.11 Å². The Bertz CT molecular complexity index is 359. The molecule has 3 aliphatic rings. The first kappa shape index (κ1) is 10.0. The molecule has 16 heavy (non-hydrogen) atoms. The summed E-state index contributed by atoms with van der Waals surface area (Å²) < 4.78 is 11.0. The van der Waals surface area contributed by atoms with E-state index >= 15 is 0 Å². The van der Waals surface area contributed by atoms with Crippen molar-refractivity contribution in [3.05, 3.63) is 12.3 Å². The molecule has 0 aliphatic carbocycles. The van der Waals surface area contributed by atoms with E-state index in [4.69, 9.17) is 20.3 Å². The molecule has 88 valence electrons. The van der Waals surface area contributed by atoms with Crippen LogP contribution in [0.2, 0.25) is 0 Å². The maximum atomic E-state index is 9.83. The second-order valence-corrected chi connectivity index (χ2v) is 3.98. The Balaban J connectivity index is 1.83. The SMILES string of the molecule is NC1=NC2O[C@H]3[C@H](O)[C@@H](CO)O[C@H]3N2C=C1. The number of hydrogen-bond acceptors (Lipinski definition) is 7. The number of amidine groups is 1. The lowest BCUT2D eigenvalue weighted by Crippen LogP contribution is -2.37. The summed E-state index contributed by atoms with van der Waals surface area (Å²) in [5, 5.41) is 18.8. The zero-order chi connectivity index (χ0) is 11.3. The molecule has 0 radical (unpaired) electrons. The highest BCUT2D eigenvalue weighted by atomic mass is 16.6. The van der Waals surface area contributed by atoms with Crippen LogP contribution in [0.3, 0.4) is 0 Å². The molecule has 3 heterocycles. The normalized spacial score (nSPS) is 45.5. The zero-order valence-electron chi connectivity index (χ0n) is 8.43. The van der Waals surface area contributed by atoms with E-state index in [-0.39, 0.29) is 6.61 Å². The average Bonchev–Trinajstić information content (AvgIpc) is 2.75. The van der Waals surface area contributed by atoms with Crippen LogP contribution in [0, 0.1) is 0 Å². The fraction of sp³-hybridized carbons (Fsp3) is 0.667. The summed E-state index contributed by atoms with van der Waals surface area (Å²) in [5.74, 6) is 0.384. The van der Waals surface area contributed by atoms with E-state index in [0.29, 0.717) is 5.84 Å². The van der Waals surface area contributed by atoms with Crippen LogP contribution in [-0.4, -0.2) is 58.4 Å². The van der Waals surface area contributed by atoms with Gasteiger partial charge in [0.2, 0.25) is 6.35 Å². The molecule has 3 rings (SSSR count). The molecular formula is C9H13N3O4. The van der Waals surface area contributed by atoms with Crippen LogP contribution in [0.1, 0.15) is 0 Å². The van der Waals surface area contributed by atoms with Crippen molar-refractivity contribution in [2.75, 3.05) is 6.61 Å². The van der Waals surface area contributed by atoms with Gasteiger partial charge in [0.05, 0.1) is 6.61 Å². The van der Waals surface area contributed by atoms with Gasteiger partial charge in [-0.15, -0.1) is 0 Å². The number of aliphatic hydroxyl groups excluding tert-OH is 2. The Kier molecular flexibility index (Phi) is 2.15. The Morgan fingerprint density at radius 3 is 3.06 bits per heavy atom. The second-order valence-electron chi connectivity index (χ2n) is 3.98. The predicted molar refractivity (Wildman–Crippen MR) is 53.0 cm³/mol. The van der Waals surface area contributed by atoms with E-state index in [1.807, 2.05) is 0 Å². The van der Waals surface area contributed by atoms with Crippen molar-refractivity contribution < 1.29 is 19.7 Å². The Labute approximate surface area is 91.8 Å². The van der Waals surface area contributed by atoms with Crippen LogP contribution < -0.4 is 5.73 Å². The van der Waals surface area contributed by atoms with E-state index in [1.165, 1.54) is 0 Å². The molecule has 0 amide bonds. The van der Waals surface area contributed by atoms with Crippen LogP contribution in [-0.2, 0) is 9.47 Å². The van der Waals surface area contributed by atoms with Gasteiger partial charge < -0.3 is 30.3 Å². The lowest BCUT2D eigenvalue weighted by molar-refractivity contribution is -0.0910. The quantitative estimate of drug-likeness (QED) is 0.476. The number of nitrogens with zero attached hydrogens (tertiary/aromatic N) is 2. The lowest BCUT2D eigenvalue weighted by atomic mass is 10.1. The highest BCUT2D eigenvalue weighted by Crippen LogP contribution is 2.36. The van der Waals surface area contributed by atoms with Crippen LogP contribution in [0.25, 0.3) is 0 Å². The van der Waals surface area contributed by atoms with Gasteiger partial charge in [-0.1, -0.05) is 0 Å². The maximum Gasteiger partial charge on any atom is 0.232 e. The van der Waals surface area contributed by atoms with Gasteiger partial charge in [-0.25, -0.2) is 4.99 Å². The van der Waals surface area contributed by atoms with Crippen molar-refractivity contribution in [3.63, 3.8) is 0 Å². The smallest absolute Gasteiger partial charge is 0.232 e. The molecule has 0 aromatic rings. The molecule has 2 saturated heterocycles. The summed E-state index contributed by atoms with van der Waals surface area (Å²) in [4.78, 5) is 5.81. The summed E-state index contributed by atoms with van der Waals surface area (Å²) in [6.07, 6.45) is 0.480. The summed E-state index contributed by atoms with van der Waals surface area (Å²) in [6.45, 7) is -0.231. The Morgan fingerprint density at radius 2 is 2.31 bits per heavy atom. The van der Waals surface area contributed by atoms with Crippen molar-refractivity contribution in [1.82, 2.24) is 4.90 Å². The highest BCUT2D eigenvalue weighted by Gasteiger charge is 2.54. The van der Waals surface area contributed by atoms with E-state index in [0.717, 1.165) is 0 Å². The minimum atomic E-state index is -0.842. The number of rotatable bonds is 1. The number of hydrogen-bond donors (Lipinski definition) is 3. The fourth-order valence-corrected chi connectivity index (χ4v) is 2.18. The topological polar surface area (TPSA) is 101 Å². The summed E-state index contributed by atoms with van der Waals surface area (Å²) in [7, 11) is 0. The van der Waals surface area contributed by atoms with Gasteiger partial charge in [0.25, 0.3) is 0 Å². The molecule has 0 spiro atoms. The third-order valence-corrected chi connectivity index (χ3v) is 3.00. The zero-order valence-corrected chi connectivity index (χ0v) is 8.43. The summed E-state index contributed by atoms with van der Waals surface area (Å²) in [5.41, 5.74) is 5.54. The average molecular weight is 227 g/mol. The molecule has 0 aromatic carbocycles. The van der Waals surface area contributed by atoms with Gasteiger partial charge in [0.1, 0.15) is 24.1 Å². The van der Waals surface area contributed by atoms with Crippen molar-refractivity contribution in [2.45, 2.75) is 30.9 Å². The summed E-state index contributed by atoms with van der Waals surface area (Å²) in [6, 6.07) is 0. The van der Waals surface area contributed by atoms with Crippen molar-refractivity contribution >= 4 is 5.84 Å². The van der Waals surface area contributed by atoms with Crippen molar-refractivity contribution in [1.29, 1.82) is 0 Å². The van der Waals surface area contributed by atoms with Gasteiger partial charge in [0.15, 0.2) is 6.23 Å². The molecule has 5 atom stereocenters. The van der Waals surface area contributed by atoms with Gasteiger partial charge in [-0.3, -0.25) is 0 Å². The third kappa shape index (κ3) is 1.26. The molecule has 4 N–H and O–H groups in total. The molecule has 7 nitrogen and oxygen atoms in total. The van der Waals surface area contributed by atoms with E-state index in [2.05, 4.69) is 4.99 Å². The summed E-state index contributed by atoms with van der Waals surface area (Å²) >= 11 is 0. The molecule has 7 heteroatoms. The molecule has 0 bridgehead atoms. The second kappa shape index (κ2) is 3.42. The number of aliphatic imine (C=N–C) groups is 1. The Hall–Kier alpha value is -1.15.